The second-order valence-corrected chi connectivity index (χ2v) is 9.87. The zero-order chi connectivity index (χ0) is 25.9. The SMILES string of the molecule is COCOc1ccc(NS(=O)c2ccc(C)c(C=O)c2)cc1.Cc1ccccc1N1CCN(C)CC1. The predicted molar refractivity (Wildman–Crippen MR) is 146 cm³/mol. The number of nitrogens with one attached hydrogen (secondary N) is 1. The zero-order valence-electron chi connectivity index (χ0n) is 21.4. The van der Waals surface area contributed by atoms with Crippen LogP contribution in [0.1, 0.15) is 21.5 Å². The van der Waals surface area contributed by atoms with E-state index in [9.17, 15) is 9.00 Å². The van der Waals surface area contributed by atoms with Crippen LogP contribution >= 0.6 is 0 Å². The number of ether oxygens (including phenoxy) is 2. The molecule has 1 unspecified atom stereocenters. The van der Waals surface area contributed by atoms with Gasteiger partial charge in [0.1, 0.15) is 23.0 Å². The maximum Gasteiger partial charge on any atom is 0.188 e. The second kappa shape index (κ2) is 13.8. The van der Waals surface area contributed by atoms with Crippen LogP contribution in [0.25, 0.3) is 0 Å². The highest BCUT2D eigenvalue weighted by atomic mass is 32.2. The Hall–Kier alpha value is -3.20. The summed E-state index contributed by atoms with van der Waals surface area (Å²) in [7, 11) is 2.30. The molecule has 1 heterocycles. The normalized spacial score (nSPS) is 14.4. The fourth-order valence-electron chi connectivity index (χ4n) is 3.74. The highest BCUT2D eigenvalue weighted by Gasteiger charge is 2.15. The summed E-state index contributed by atoms with van der Waals surface area (Å²) in [5, 5.41) is 0. The Balaban J connectivity index is 0.000000221. The van der Waals surface area contributed by atoms with Gasteiger partial charge in [0.15, 0.2) is 6.79 Å². The number of rotatable bonds is 8. The highest BCUT2D eigenvalue weighted by Crippen LogP contribution is 2.21. The van der Waals surface area contributed by atoms with E-state index in [1.807, 2.05) is 6.92 Å². The third-order valence-electron chi connectivity index (χ3n) is 5.96. The lowest BCUT2D eigenvalue weighted by molar-refractivity contribution is 0.0511. The van der Waals surface area contributed by atoms with Gasteiger partial charge in [0, 0.05) is 50.2 Å². The molecule has 36 heavy (non-hydrogen) atoms. The van der Waals surface area contributed by atoms with Crippen molar-refractivity contribution in [2.75, 3.05) is 56.8 Å². The minimum atomic E-state index is -1.44. The van der Waals surface area contributed by atoms with E-state index in [0.717, 1.165) is 24.9 Å². The van der Waals surface area contributed by atoms with Crippen molar-refractivity contribution in [1.82, 2.24) is 4.90 Å². The Morgan fingerprint density at radius 2 is 1.64 bits per heavy atom. The van der Waals surface area contributed by atoms with Crippen LogP contribution in [0.4, 0.5) is 11.4 Å². The van der Waals surface area contributed by atoms with Crippen molar-refractivity contribution in [2.24, 2.45) is 0 Å². The number of hydrogen-bond donors (Lipinski definition) is 1. The summed E-state index contributed by atoms with van der Waals surface area (Å²) in [4.78, 5) is 16.4. The van der Waals surface area contributed by atoms with Crippen LogP contribution < -0.4 is 14.4 Å². The van der Waals surface area contributed by atoms with E-state index < -0.39 is 11.0 Å². The molecule has 0 bridgehead atoms. The number of aryl methyl sites for hydroxylation is 2. The van der Waals surface area contributed by atoms with Gasteiger partial charge in [-0.15, -0.1) is 0 Å². The van der Waals surface area contributed by atoms with Crippen LogP contribution in [0, 0.1) is 13.8 Å². The maximum absolute atomic E-state index is 12.3. The van der Waals surface area contributed by atoms with Gasteiger partial charge >= 0.3 is 0 Å². The second-order valence-electron chi connectivity index (χ2n) is 8.66. The molecule has 1 atom stereocenters. The summed E-state index contributed by atoms with van der Waals surface area (Å²) in [6.07, 6.45) is 0.762. The molecule has 1 aliphatic rings. The molecule has 1 fully saturated rings. The molecule has 0 saturated carbocycles. The Bertz CT molecular complexity index is 1150. The Labute approximate surface area is 216 Å². The first-order chi connectivity index (χ1) is 17.4. The van der Waals surface area contributed by atoms with Crippen molar-refractivity contribution in [3.05, 3.63) is 83.4 Å². The van der Waals surface area contributed by atoms with Crippen molar-refractivity contribution >= 4 is 28.6 Å². The van der Waals surface area contributed by atoms with Crippen molar-refractivity contribution in [1.29, 1.82) is 0 Å². The molecule has 0 aromatic heterocycles. The maximum atomic E-state index is 12.3. The van der Waals surface area contributed by atoms with E-state index in [2.05, 4.69) is 52.8 Å². The largest absolute Gasteiger partial charge is 0.468 e. The van der Waals surface area contributed by atoms with E-state index >= 15 is 0 Å². The van der Waals surface area contributed by atoms with E-state index in [1.165, 1.54) is 24.3 Å². The fraction of sp³-hybridized carbons (Fsp3) is 0.321. The highest BCUT2D eigenvalue weighted by molar-refractivity contribution is 7.86. The van der Waals surface area contributed by atoms with Crippen molar-refractivity contribution in [3.8, 4) is 5.75 Å². The van der Waals surface area contributed by atoms with Gasteiger partial charge in [0.25, 0.3) is 0 Å². The summed E-state index contributed by atoms with van der Waals surface area (Å²) < 4.78 is 25.3. The minimum Gasteiger partial charge on any atom is -0.468 e. The van der Waals surface area contributed by atoms with E-state index in [4.69, 9.17) is 9.47 Å². The molecule has 7 nitrogen and oxygen atoms in total. The molecule has 3 aromatic rings. The van der Waals surface area contributed by atoms with Gasteiger partial charge in [-0.2, -0.15) is 0 Å². The van der Waals surface area contributed by atoms with Crippen LogP contribution in [0.3, 0.4) is 0 Å². The number of methoxy groups -OCH3 is 1. The summed E-state index contributed by atoms with van der Waals surface area (Å²) in [6, 6.07) is 20.8. The van der Waals surface area contributed by atoms with Crippen LogP contribution in [-0.4, -0.2) is 62.5 Å². The van der Waals surface area contributed by atoms with Gasteiger partial charge in [-0.25, -0.2) is 4.21 Å². The Kier molecular flexibility index (Phi) is 10.5. The van der Waals surface area contributed by atoms with Crippen LogP contribution in [0.2, 0.25) is 0 Å². The number of likely N-dealkylation sites (N-methyl/N-ethyl adjacent to an activating group) is 1. The Morgan fingerprint density at radius 1 is 0.944 bits per heavy atom. The van der Waals surface area contributed by atoms with Gasteiger partial charge in [-0.3, -0.25) is 4.79 Å². The first-order valence-electron chi connectivity index (χ1n) is 11.9. The number of piperazine rings is 1. The zero-order valence-corrected chi connectivity index (χ0v) is 22.2. The molecule has 1 saturated heterocycles. The van der Waals surface area contributed by atoms with Crippen LogP contribution in [-0.2, 0) is 15.7 Å². The van der Waals surface area contributed by atoms with Gasteiger partial charge in [0.2, 0.25) is 0 Å². The van der Waals surface area contributed by atoms with Gasteiger partial charge < -0.3 is 24.0 Å². The third-order valence-corrected chi connectivity index (χ3v) is 7.06. The average molecular weight is 510 g/mol. The molecule has 192 valence electrons. The average Bonchev–Trinajstić information content (AvgIpc) is 2.90. The van der Waals surface area contributed by atoms with Crippen LogP contribution in [0.15, 0.2) is 71.6 Å². The number of carbonyl (C=O) groups is 1. The predicted octanol–water partition coefficient (Wildman–Crippen LogP) is 4.67. The molecular formula is C28H35N3O4S. The lowest BCUT2D eigenvalue weighted by atomic mass is 10.1. The lowest BCUT2D eigenvalue weighted by Gasteiger charge is -2.34. The molecule has 8 heteroatoms. The molecule has 0 amide bonds. The summed E-state index contributed by atoms with van der Waals surface area (Å²) in [5.74, 6) is 0.664. The number of nitrogens with zero attached hydrogens (tertiary/aromatic N) is 2. The number of hydrogen-bond acceptors (Lipinski definition) is 6. The quantitative estimate of drug-likeness (QED) is 0.352. The first-order valence-corrected chi connectivity index (χ1v) is 13.0. The third kappa shape index (κ3) is 7.91. The minimum absolute atomic E-state index is 0.177. The van der Waals surface area contributed by atoms with Crippen molar-refractivity contribution in [3.63, 3.8) is 0 Å². The number of carbonyl (C=O) groups excluding carboxylic acids is 1. The van der Waals surface area contributed by atoms with Crippen molar-refractivity contribution in [2.45, 2.75) is 18.7 Å². The summed E-state index contributed by atoms with van der Waals surface area (Å²) >= 11 is 0. The Morgan fingerprint density at radius 3 is 2.28 bits per heavy atom. The smallest absolute Gasteiger partial charge is 0.188 e. The topological polar surface area (TPSA) is 71.1 Å². The molecular weight excluding hydrogens is 474 g/mol. The van der Waals surface area contributed by atoms with E-state index in [1.54, 1.807) is 49.6 Å². The monoisotopic (exact) mass is 509 g/mol. The molecule has 1 N–H and O–H groups in total. The molecule has 0 radical (unpaired) electrons. The fourth-order valence-corrected chi connectivity index (χ4v) is 4.63. The van der Waals surface area contributed by atoms with Gasteiger partial charge in [-0.1, -0.05) is 24.3 Å². The van der Waals surface area contributed by atoms with Gasteiger partial charge in [-0.05, 0) is 74.5 Å². The number of anilines is 2. The molecule has 0 aliphatic carbocycles. The first kappa shape index (κ1) is 27.4. The summed E-state index contributed by atoms with van der Waals surface area (Å²) in [5.41, 5.74) is 4.88. The molecule has 3 aromatic carbocycles. The number of benzene rings is 3. The lowest BCUT2D eigenvalue weighted by Crippen LogP contribution is -2.44. The van der Waals surface area contributed by atoms with Crippen LogP contribution in [0.5, 0.6) is 5.75 Å². The standard InChI is InChI=1S/C16H17NO4S.C12H18N2/c1-12-3-8-16(9-13(12)10-18)22(19)17-14-4-6-15(7-5-14)21-11-20-2;1-11-5-3-4-6-12(11)14-9-7-13(2)8-10-14/h3-10,17H,11H2,1-2H3;3-6H,7-10H2,1-2H3. The molecule has 0 spiro atoms. The summed E-state index contributed by atoms with van der Waals surface area (Å²) in [6.45, 7) is 8.86. The van der Waals surface area contributed by atoms with E-state index in [-0.39, 0.29) is 6.79 Å². The number of aldehydes is 1. The molecule has 1 aliphatic heterocycles. The molecule has 4 rings (SSSR count). The number of para-hydroxylation sites is 1. The van der Waals surface area contributed by atoms with E-state index in [0.29, 0.717) is 21.9 Å². The van der Waals surface area contributed by atoms with Gasteiger partial charge in [0.05, 0.1) is 4.90 Å². The van der Waals surface area contributed by atoms with Crippen molar-refractivity contribution < 1.29 is 18.5 Å².